The molecule has 1 aromatic carbocycles. The molecule has 0 fully saturated rings. The van der Waals surface area contributed by atoms with Crippen molar-refractivity contribution < 1.29 is 9.50 Å². The van der Waals surface area contributed by atoms with Gasteiger partial charge in [0.15, 0.2) is 5.82 Å². The Kier molecular flexibility index (Phi) is 4.04. The van der Waals surface area contributed by atoms with Crippen LogP contribution in [0.25, 0.3) is 0 Å². The van der Waals surface area contributed by atoms with E-state index in [1.54, 1.807) is 27.7 Å². The van der Waals surface area contributed by atoms with Gasteiger partial charge < -0.3 is 10.4 Å². The van der Waals surface area contributed by atoms with E-state index in [1.165, 1.54) is 12.1 Å². The highest BCUT2D eigenvalue weighted by Gasteiger charge is 2.35. The molecule has 0 saturated heterocycles. The number of rotatable bonds is 3. The van der Waals surface area contributed by atoms with Gasteiger partial charge in [-0.25, -0.2) is 4.39 Å². The fraction of sp³-hybridized carbons (Fsp3) is 0.462. The molecule has 2 N–H and O–H groups in total. The zero-order valence-corrected chi connectivity index (χ0v) is 12.4. The molecule has 98 valence electrons. The first kappa shape index (κ1) is 14.9. The molecule has 5 heteroatoms. The smallest absolute Gasteiger partial charge is 0.161 e. The maximum absolute atomic E-state index is 14.0. The van der Waals surface area contributed by atoms with Crippen LogP contribution < -0.4 is 5.32 Å². The SMILES string of the molecule is CC(C)(O)C(C)(C)Nc1ccc(C#N)c(Br)c1F. The predicted octanol–water partition coefficient (Wildman–Crippen LogP) is 3.42. The number of hydrogen-bond donors (Lipinski definition) is 2. The highest BCUT2D eigenvalue weighted by atomic mass is 79.9. The van der Waals surface area contributed by atoms with Crippen LogP contribution in [0.2, 0.25) is 0 Å². The summed E-state index contributed by atoms with van der Waals surface area (Å²) in [5.41, 5.74) is -1.27. The number of anilines is 1. The molecule has 0 aromatic heterocycles. The van der Waals surface area contributed by atoms with Crippen molar-refractivity contribution in [1.29, 1.82) is 5.26 Å². The Bertz CT molecular complexity index is 501. The van der Waals surface area contributed by atoms with Gasteiger partial charge in [-0.2, -0.15) is 5.26 Å². The molecule has 1 aromatic rings. The number of hydrogen-bond acceptors (Lipinski definition) is 3. The zero-order chi connectivity index (χ0) is 14.1. The predicted molar refractivity (Wildman–Crippen MR) is 72.8 cm³/mol. The molecule has 0 amide bonds. The van der Waals surface area contributed by atoms with Gasteiger partial charge in [-0.3, -0.25) is 0 Å². The Morgan fingerprint density at radius 3 is 2.33 bits per heavy atom. The second-order valence-corrected chi connectivity index (χ2v) is 6.00. The maximum Gasteiger partial charge on any atom is 0.161 e. The molecule has 0 spiro atoms. The molecule has 18 heavy (non-hydrogen) atoms. The highest BCUT2D eigenvalue weighted by molar-refractivity contribution is 9.10. The molecule has 0 aliphatic heterocycles. The summed E-state index contributed by atoms with van der Waals surface area (Å²) in [6.45, 7) is 6.85. The van der Waals surface area contributed by atoms with Crippen LogP contribution in [0.4, 0.5) is 10.1 Å². The van der Waals surface area contributed by atoms with Crippen molar-refractivity contribution in [2.75, 3.05) is 5.32 Å². The fourth-order valence-electron chi connectivity index (χ4n) is 1.22. The Morgan fingerprint density at radius 1 is 1.33 bits per heavy atom. The summed E-state index contributed by atoms with van der Waals surface area (Å²) in [6, 6.07) is 4.91. The Morgan fingerprint density at radius 2 is 1.89 bits per heavy atom. The van der Waals surface area contributed by atoms with E-state index in [2.05, 4.69) is 21.2 Å². The summed E-state index contributed by atoms with van der Waals surface area (Å²) in [4.78, 5) is 0. The molecule has 0 aliphatic rings. The van der Waals surface area contributed by atoms with E-state index in [9.17, 15) is 9.50 Å². The van der Waals surface area contributed by atoms with Gasteiger partial charge in [0.25, 0.3) is 0 Å². The van der Waals surface area contributed by atoms with Crippen LogP contribution in [0.3, 0.4) is 0 Å². The molecule has 3 nitrogen and oxygen atoms in total. The third-order valence-corrected chi connectivity index (χ3v) is 3.95. The Labute approximate surface area is 115 Å². The lowest BCUT2D eigenvalue weighted by atomic mass is 9.85. The second-order valence-electron chi connectivity index (χ2n) is 5.21. The van der Waals surface area contributed by atoms with Gasteiger partial charge in [0.2, 0.25) is 0 Å². The number of aliphatic hydroxyl groups is 1. The van der Waals surface area contributed by atoms with E-state index in [-0.39, 0.29) is 15.7 Å². The molecule has 0 bridgehead atoms. The standard InChI is InChI=1S/C13H16BrFN2O/c1-12(2,13(3,4)18)17-9-6-5-8(7-16)10(14)11(9)15/h5-6,17-18H,1-4H3. The van der Waals surface area contributed by atoms with Gasteiger partial charge in [0, 0.05) is 0 Å². The topological polar surface area (TPSA) is 56.0 Å². The summed E-state index contributed by atoms with van der Waals surface area (Å²) in [5.74, 6) is -0.536. The van der Waals surface area contributed by atoms with Crippen molar-refractivity contribution >= 4 is 21.6 Å². The van der Waals surface area contributed by atoms with Crippen molar-refractivity contribution in [2.45, 2.75) is 38.8 Å². The average Bonchev–Trinajstić information content (AvgIpc) is 2.23. The molecular formula is C13H16BrFN2O. The number of nitrogens with one attached hydrogen (secondary N) is 1. The molecule has 0 aliphatic carbocycles. The van der Waals surface area contributed by atoms with Crippen LogP contribution in [0.5, 0.6) is 0 Å². The molecule has 0 saturated carbocycles. The number of nitriles is 1. The van der Waals surface area contributed by atoms with Crippen LogP contribution in [-0.4, -0.2) is 16.2 Å². The Balaban J connectivity index is 3.16. The zero-order valence-electron chi connectivity index (χ0n) is 10.8. The van der Waals surface area contributed by atoms with Gasteiger partial charge in [-0.05, 0) is 55.8 Å². The summed E-state index contributed by atoms with van der Waals surface area (Å²) in [5, 5.41) is 21.8. The lowest BCUT2D eigenvalue weighted by Crippen LogP contribution is -2.51. The average molecular weight is 315 g/mol. The summed E-state index contributed by atoms with van der Waals surface area (Å²) in [7, 11) is 0. The van der Waals surface area contributed by atoms with Crippen LogP contribution in [0.15, 0.2) is 16.6 Å². The summed E-state index contributed by atoms with van der Waals surface area (Å²) < 4.78 is 14.2. The lowest BCUT2D eigenvalue weighted by molar-refractivity contribution is 0.0239. The molecule has 0 radical (unpaired) electrons. The third-order valence-electron chi connectivity index (χ3n) is 3.18. The minimum absolute atomic E-state index is 0.126. The number of benzene rings is 1. The monoisotopic (exact) mass is 314 g/mol. The fourth-order valence-corrected chi connectivity index (χ4v) is 1.66. The van der Waals surface area contributed by atoms with Gasteiger partial charge in [-0.15, -0.1) is 0 Å². The largest absolute Gasteiger partial charge is 0.388 e. The van der Waals surface area contributed by atoms with Gasteiger partial charge in [0.05, 0.1) is 26.9 Å². The molecule has 0 heterocycles. The van der Waals surface area contributed by atoms with Crippen LogP contribution in [0, 0.1) is 17.1 Å². The quantitative estimate of drug-likeness (QED) is 0.898. The first-order chi connectivity index (χ1) is 8.10. The van der Waals surface area contributed by atoms with E-state index in [1.807, 2.05) is 6.07 Å². The summed E-state index contributed by atoms with van der Waals surface area (Å²) >= 11 is 3.05. The number of nitrogens with zero attached hydrogens (tertiary/aromatic N) is 1. The number of halogens is 2. The van der Waals surface area contributed by atoms with E-state index in [0.717, 1.165) is 0 Å². The molecule has 0 atom stereocenters. The highest BCUT2D eigenvalue weighted by Crippen LogP contribution is 2.31. The van der Waals surface area contributed by atoms with E-state index >= 15 is 0 Å². The van der Waals surface area contributed by atoms with E-state index in [0.29, 0.717) is 0 Å². The van der Waals surface area contributed by atoms with Crippen molar-refractivity contribution in [1.82, 2.24) is 0 Å². The van der Waals surface area contributed by atoms with Crippen LogP contribution in [-0.2, 0) is 0 Å². The Hall–Kier alpha value is -1.12. The van der Waals surface area contributed by atoms with Crippen molar-refractivity contribution in [3.63, 3.8) is 0 Å². The van der Waals surface area contributed by atoms with Gasteiger partial charge >= 0.3 is 0 Å². The molecule has 1 rings (SSSR count). The van der Waals surface area contributed by atoms with Crippen molar-refractivity contribution in [3.05, 3.63) is 28.0 Å². The van der Waals surface area contributed by atoms with Crippen molar-refractivity contribution in [2.24, 2.45) is 0 Å². The van der Waals surface area contributed by atoms with Crippen LogP contribution >= 0.6 is 15.9 Å². The molecule has 0 unspecified atom stereocenters. The van der Waals surface area contributed by atoms with Gasteiger partial charge in [0.1, 0.15) is 6.07 Å². The normalized spacial score (nSPS) is 12.1. The minimum atomic E-state index is -1.03. The molecular weight excluding hydrogens is 299 g/mol. The van der Waals surface area contributed by atoms with E-state index in [4.69, 9.17) is 5.26 Å². The van der Waals surface area contributed by atoms with E-state index < -0.39 is 17.0 Å². The first-order valence-electron chi connectivity index (χ1n) is 5.49. The van der Waals surface area contributed by atoms with Gasteiger partial charge in [-0.1, -0.05) is 0 Å². The summed E-state index contributed by atoms with van der Waals surface area (Å²) in [6.07, 6.45) is 0. The third kappa shape index (κ3) is 2.82. The van der Waals surface area contributed by atoms with Crippen LogP contribution in [0.1, 0.15) is 33.3 Å². The first-order valence-corrected chi connectivity index (χ1v) is 6.28. The maximum atomic E-state index is 14.0. The van der Waals surface area contributed by atoms with Crippen molar-refractivity contribution in [3.8, 4) is 6.07 Å². The lowest BCUT2D eigenvalue weighted by Gasteiger charge is -2.39. The minimum Gasteiger partial charge on any atom is -0.388 e. The second kappa shape index (κ2) is 4.87.